The Morgan fingerprint density at radius 3 is 2.57 bits per heavy atom. The molecular weight excluding hydrogens is 290 g/mol. The van der Waals surface area contributed by atoms with Crippen LogP contribution >= 0.6 is 0 Å². The van der Waals surface area contributed by atoms with Crippen molar-refractivity contribution in [3.63, 3.8) is 0 Å². The summed E-state index contributed by atoms with van der Waals surface area (Å²) in [4.78, 5) is 14.9. The molecule has 0 amide bonds. The second-order valence-corrected chi connectivity index (χ2v) is 7.04. The van der Waals surface area contributed by atoms with Crippen molar-refractivity contribution in [3.05, 3.63) is 48.6 Å². The number of ether oxygens (including phenoxy) is 2. The van der Waals surface area contributed by atoms with Gasteiger partial charge in [0.05, 0.1) is 12.6 Å². The summed E-state index contributed by atoms with van der Waals surface area (Å²) in [5.41, 5.74) is 0.0284. The number of carbonyl (C=O) groups is 1. The van der Waals surface area contributed by atoms with Gasteiger partial charge >= 0.3 is 5.97 Å². The van der Waals surface area contributed by atoms with E-state index in [9.17, 15) is 4.79 Å². The predicted molar refractivity (Wildman–Crippen MR) is 91.2 cm³/mol. The van der Waals surface area contributed by atoms with Crippen molar-refractivity contribution in [2.75, 3.05) is 20.3 Å². The van der Waals surface area contributed by atoms with Crippen molar-refractivity contribution in [2.24, 2.45) is 0 Å². The van der Waals surface area contributed by atoms with Gasteiger partial charge in [-0.25, -0.2) is 4.79 Å². The molecule has 1 aromatic rings. The van der Waals surface area contributed by atoms with E-state index in [1.54, 1.807) is 13.2 Å². The molecule has 1 aromatic carbocycles. The Labute approximate surface area is 139 Å². The van der Waals surface area contributed by atoms with E-state index in [1.807, 2.05) is 39.0 Å². The number of esters is 1. The van der Waals surface area contributed by atoms with Gasteiger partial charge in [-0.2, -0.15) is 0 Å². The third-order valence-electron chi connectivity index (χ3n) is 4.02. The molecule has 1 aliphatic rings. The molecule has 0 aromatic heterocycles. The first-order valence-electron chi connectivity index (χ1n) is 7.99. The van der Waals surface area contributed by atoms with Crippen LogP contribution in [0.15, 0.2) is 43.0 Å². The van der Waals surface area contributed by atoms with Crippen molar-refractivity contribution in [2.45, 2.75) is 44.4 Å². The summed E-state index contributed by atoms with van der Waals surface area (Å²) in [7, 11) is 1.68. The zero-order valence-corrected chi connectivity index (χ0v) is 14.5. The molecule has 1 aliphatic heterocycles. The number of methoxy groups -OCH3 is 1. The van der Waals surface area contributed by atoms with Gasteiger partial charge in [0.25, 0.3) is 0 Å². The lowest BCUT2D eigenvalue weighted by Crippen LogP contribution is -2.38. The molecule has 0 saturated carbocycles. The highest BCUT2D eigenvalue weighted by molar-refractivity contribution is 5.85. The minimum absolute atomic E-state index is 0.0358. The maximum atomic E-state index is 12.7. The van der Waals surface area contributed by atoms with Gasteiger partial charge in [-0.15, -0.1) is 6.58 Å². The molecule has 1 unspecified atom stereocenters. The first-order chi connectivity index (χ1) is 10.8. The molecular formula is C19H27NO3. The number of hydrogen-bond acceptors (Lipinski definition) is 4. The summed E-state index contributed by atoms with van der Waals surface area (Å²) in [6.07, 6.45) is 2.37. The van der Waals surface area contributed by atoms with E-state index in [0.717, 1.165) is 5.56 Å². The zero-order chi connectivity index (χ0) is 17.1. The molecule has 0 bridgehead atoms. The van der Waals surface area contributed by atoms with E-state index in [0.29, 0.717) is 19.6 Å². The van der Waals surface area contributed by atoms with Crippen LogP contribution in [0.2, 0.25) is 0 Å². The van der Waals surface area contributed by atoms with Gasteiger partial charge < -0.3 is 9.47 Å². The number of benzene rings is 1. The van der Waals surface area contributed by atoms with Gasteiger partial charge in [-0.3, -0.25) is 4.90 Å². The van der Waals surface area contributed by atoms with Gasteiger partial charge in [-0.1, -0.05) is 36.4 Å². The van der Waals surface area contributed by atoms with Crippen molar-refractivity contribution in [1.82, 2.24) is 4.90 Å². The quantitative estimate of drug-likeness (QED) is 0.439. The Morgan fingerprint density at radius 2 is 2.04 bits per heavy atom. The molecule has 1 fully saturated rings. The second-order valence-electron chi connectivity index (χ2n) is 7.04. The standard InChI is InChI=1S/C19H27NO3/c1-6-12-19(17(21)23-18(2,3)4)14-20(19)16(13-22-5)15-10-8-7-9-11-15/h6-11,16H,1,12-14H2,2-5H3/t16-,19+,20?/m0/s1. The summed E-state index contributed by atoms with van der Waals surface area (Å²) in [6, 6.07) is 10.2. The highest BCUT2D eigenvalue weighted by atomic mass is 16.6. The van der Waals surface area contributed by atoms with Gasteiger partial charge in [0.2, 0.25) is 0 Å². The van der Waals surface area contributed by atoms with Crippen LogP contribution in [0.1, 0.15) is 38.8 Å². The monoisotopic (exact) mass is 317 g/mol. The van der Waals surface area contributed by atoms with Gasteiger partial charge in [0.1, 0.15) is 11.1 Å². The summed E-state index contributed by atoms with van der Waals surface area (Å²) >= 11 is 0. The summed E-state index contributed by atoms with van der Waals surface area (Å²) < 4.78 is 11.0. The molecule has 2 rings (SSSR count). The first-order valence-corrected chi connectivity index (χ1v) is 7.99. The Balaban J connectivity index is 2.24. The maximum Gasteiger partial charge on any atom is 0.328 e. The van der Waals surface area contributed by atoms with Crippen LogP contribution in [0.25, 0.3) is 0 Å². The molecule has 1 saturated heterocycles. The first kappa shape index (κ1) is 17.7. The smallest absolute Gasteiger partial charge is 0.328 e. The SMILES string of the molecule is C=CC[C@]1(C(=O)OC(C)(C)C)CN1[C@@H](COC)c1ccccc1. The van der Waals surface area contributed by atoms with Gasteiger partial charge in [-0.05, 0) is 32.8 Å². The predicted octanol–water partition coefficient (Wildman–Crippen LogP) is 3.35. The number of hydrogen-bond donors (Lipinski definition) is 0. The Kier molecular flexibility index (Phi) is 5.27. The average molecular weight is 317 g/mol. The largest absolute Gasteiger partial charge is 0.459 e. The van der Waals surface area contributed by atoms with E-state index in [2.05, 4.69) is 23.6 Å². The number of rotatable bonds is 7. The fourth-order valence-electron chi connectivity index (χ4n) is 2.91. The second kappa shape index (κ2) is 6.85. The lowest BCUT2D eigenvalue weighted by molar-refractivity contribution is -0.159. The maximum absolute atomic E-state index is 12.7. The molecule has 1 heterocycles. The van der Waals surface area contributed by atoms with Gasteiger partial charge in [0, 0.05) is 13.7 Å². The van der Waals surface area contributed by atoms with Crippen molar-refractivity contribution in [1.29, 1.82) is 0 Å². The lowest BCUT2D eigenvalue weighted by Gasteiger charge is -2.27. The molecule has 23 heavy (non-hydrogen) atoms. The Bertz CT molecular complexity index is 549. The number of carbonyl (C=O) groups excluding carboxylic acids is 1. The highest BCUT2D eigenvalue weighted by Gasteiger charge is 2.61. The average Bonchev–Trinajstić information content (AvgIpc) is 3.20. The number of nitrogens with zero attached hydrogens (tertiary/aromatic N) is 1. The lowest BCUT2D eigenvalue weighted by atomic mass is 10.0. The molecule has 4 nitrogen and oxygen atoms in total. The molecule has 0 aliphatic carbocycles. The van der Waals surface area contributed by atoms with Crippen molar-refractivity contribution in [3.8, 4) is 0 Å². The fourth-order valence-corrected chi connectivity index (χ4v) is 2.91. The minimum atomic E-state index is -0.617. The molecule has 4 heteroatoms. The molecule has 3 atom stereocenters. The molecule has 0 spiro atoms. The summed E-state index contributed by atoms with van der Waals surface area (Å²) in [5, 5.41) is 0. The van der Waals surface area contributed by atoms with Gasteiger partial charge in [0.15, 0.2) is 0 Å². The van der Waals surface area contributed by atoms with Crippen LogP contribution in [0.4, 0.5) is 0 Å². The Morgan fingerprint density at radius 1 is 1.39 bits per heavy atom. The summed E-state index contributed by atoms with van der Waals surface area (Å²) in [5.74, 6) is -0.179. The summed E-state index contributed by atoms with van der Waals surface area (Å²) in [6.45, 7) is 10.7. The van der Waals surface area contributed by atoms with Crippen LogP contribution in [-0.2, 0) is 14.3 Å². The van der Waals surface area contributed by atoms with E-state index >= 15 is 0 Å². The third kappa shape index (κ3) is 4.01. The van der Waals surface area contributed by atoms with Crippen molar-refractivity contribution >= 4 is 5.97 Å². The van der Waals surface area contributed by atoms with E-state index in [-0.39, 0.29) is 12.0 Å². The third-order valence-corrected chi connectivity index (χ3v) is 4.02. The minimum Gasteiger partial charge on any atom is -0.459 e. The molecule has 0 radical (unpaired) electrons. The van der Waals surface area contributed by atoms with E-state index in [4.69, 9.17) is 9.47 Å². The van der Waals surface area contributed by atoms with E-state index in [1.165, 1.54) is 0 Å². The zero-order valence-electron chi connectivity index (χ0n) is 14.5. The highest BCUT2D eigenvalue weighted by Crippen LogP contribution is 2.45. The normalized spacial score (nSPS) is 24.8. The fraction of sp³-hybridized carbons (Fsp3) is 0.526. The molecule has 126 valence electrons. The molecule has 0 N–H and O–H groups in total. The van der Waals surface area contributed by atoms with E-state index < -0.39 is 11.1 Å². The Hall–Kier alpha value is -1.65. The topological polar surface area (TPSA) is 38.5 Å². The van der Waals surface area contributed by atoms with Crippen LogP contribution < -0.4 is 0 Å². The van der Waals surface area contributed by atoms with Crippen LogP contribution in [0.3, 0.4) is 0 Å². The van der Waals surface area contributed by atoms with Crippen LogP contribution in [0, 0.1) is 0 Å². The van der Waals surface area contributed by atoms with Crippen LogP contribution in [0.5, 0.6) is 0 Å². The van der Waals surface area contributed by atoms with Crippen LogP contribution in [-0.4, -0.2) is 42.3 Å². The van der Waals surface area contributed by atoms with Crippen molar-refractivity contribution < 1.29 is 14.3 Å².